The predicted octanol–water partition coefficient (Wildman–Crippen LogP) is 3.05. The molecule has 0 atom stereocenters. The summed E-state index contributed by atoms with van der Waals surface area (Å²) in [6.45, 7) is 2.50. The number of pyridine rings is 1. The smallest absolute Gasteiger partial charge is 0.187 e. The van der Waals surface area contributed by atoms with Gasteiger partial charge in [0.2, 0.25) is 0 Å². The van der Waals surface area contributed by atoms with Gasteiger partial charge in [0, 0.05) is 31.6 Å². The minimum Gasteiger partial charge on any atom is -0.382 e. The van der Waals surface area contributed by atoms with Crippen LogP contribution in [0.15, 0.2) is 61.2 Å². The molecule has 0 radical (unpaired) electrons. The number of carbonyl (C=O) groups is 1. The van der Waals surface area contributed by atoms with Crippen LogP contribution in [0.2, 0.25) is 0 Å². The van der Waals surface area contributed by atoms with Crippen molar-refractivity contribution in [1.82, 2.24) is 19.4 Å². The van der Waals surface area contributed by atoms with Crippen LogP contribution in [-0.2, 0) is 13.0 Å². The molecule has 3 heterocycles. The molecule has 4 rings (SSSR count). The van der Waals surface area contributed by atoms with Gasteiger partial charge in [0.15, 0.2) is 11.4 Å². The Morgan fingerprint density at radius 2 is 2.00 bits per heavy atom. The van der Waals surface area contributed by atoms with Gasteiger partial charge in [-0.2, -0.15) is 0 Å². The van der Waals surface area contributed by atoms with Gasteiger partial charge in [-0.05, 0) is 30.2 Å². The lowest BCUT2D eigenvalue weighted by molar-refractivity contribution is 0.0988. The molecule has 0 bridgehead atoms. The van der Waals surface area contributed by atoms with E-state index in [2.05, 4.69) is 20.3 Å². The third-order valence-electron chi connectivity index (χ3n) is 4.43. The van der Waals surface area contributed by atoms with Gasteiger partial charge in [-0.15, -0.1) is 0 Å². The lowest BCUT2D eigenvalue weighted by atomic mass is 10.0. The Hall–Kier alpha value is -3.74. The van der Waals surface area contributed by atoms with Crippen molar-refractivity contribution in [2.75, 3.05) is 11.1 Å². The topological polar surface area (TPSA) is 98.2 Å². The van der Waals surface area contributed by atoms with Gasteiger partial charge in [-0.25, -0.2) is 15.0 Å². The zero-order valence-electron chi connectivity index (χ0n) is 15.5. The zero-order valence-corrected chi connectivity index (χ0v) is 15.5. The number of ketones is 1. The van der Waals surface area contributed by atoms with Crippen molar-refractivity contribution in [3.05, 3.63) is 83.7 Å². The highest BCUT2D eigenvalue weighted by atomic mass is 16.1. The van der Waals surface area contributed by atoms with E-state index in [0.29, 0.717) is 18.1 Å². The van der Waals surface area contributed by atoms with Crippen LogP contribution in [0.3, 0.4) is 0 Å². The first-order valence-corrected chi connectivity index (χ1v) is 8.95. The summed E-state index contributed by atoms with van der Waals surface area (Å²) in [6.07, 6.45) is 7.18. The molecule has 0 fully saturated rings. The average Bonchev–Trinajstić information content (AvgIpc) is 3.07. The van der Waals surface area contributed by atoms with Crippen LogP contribution < -0.4 is 11.1 Å². The Balaban J connectivity index is 1.46. The third kappa shape index (κ3) is 3.83. The van der Waals surface area contributed by atoms with E-state index in [1.54, 1.807) is 18.6 Å². The second kappa shape index (κ2) is 7.48. The van der Waals surface area contributed by atoms with E-state index in [4.69, 9.17) is 5.73 Å². The molecule has 28 heavy (non-hydrogen) atoms. The van der Waals surface area contributed by atoms with Crippen molar-refractivity contribution in [1.29, 1.82) is 0 Å². The maximum Gasteiger partial charge on any atom is 0.187 e. The average molecular weight is 372 g/mol. The number of benzene rings is 1. The summed E-state index contributed by atoms with van der Waals surface area (Å²) >= 11 is 0. The fraction of sp³-hybridized carbons (Fsp3) is 0.143. The molecular weight excluding hydrogens is 352 g/mol. The maximum atomic E-state index is 12.7. The first-order chi connectivity index (χ1) is 13.6. The number of aromatic nitrogens is 4. The summed E-state index contributed by atoms with van der Waals surface area (Å²) in [5.74, 6) is 0.430. The van der Waals surface area contributed by atoms with E-state index < -0.39 is 0 Å². The molecule has 1 aromatic carbocycles. The number of anilines is 2. The van der Waals surface area contributed by atoms with E-state index in [0.717, 1.165) is 28.2 Å². The number of imidazole rings is 1. The number of nitrogens with zero attached hydrogens (tertiary/aromatic N) is 4. The minimum atomic E-state index is -0.0325. The molecular formula is C21H20N6O. The molecule has 3 aromatic heterocycles. The van der Waals surface area contributed by atoms with Crippen LogP contribution >= 0.6 is 0 Å². The molecule has 0 spiro atoms. The lowest BCUT2D eigenvalue weighted by Gasteiger charge is -2.09. The molecule has 0 amide bonds. The molecule has 0 aliphatic carbocycles. The van der Waals surface area contributed by atoms with Crippen molar-refractivity contribution in [2.45, 2.75) is 19.9 Å². The van der Waals surface area contributed by atoms with E-state index in [1.165, 1.54) is 0 Å². The fourth-order valence-corrected chi connectivity index (χ4v) is 3.06. The third-order valence-corrected chi connectivity index (χ3v) is 4.43. The van der Waals surface area contributed by atoms with Crippen molar-refractivity contribution in [2.24, 2.45) is 0 Å². The van der Waals surface area contributed by atoms with E-state index >= 15 is 0 Å². The first kappa shape index (κ1) is 17.7. The molecule has 4 aromatic rings. The fourth-order valence-electron chi connectivity index (χ4n) is 3.06. The van der Waals surface area contributed by atoms with Gasteiger partial charge in [0.05, 0.1) is 17.6 Å². The second-order valence-electron chi connectivity index (χ2n) is 6.63. The summed E-state index contributed by atoms with van der Waals surface area (Å²) in [7, 11) is 0. The quantitative estimate of drug-likeness (QED) is 0.505. The van der Waals surface area contributed by atoms with Crippen LogP contribution in [0.5, 0.6) is 0 Å². The van der Waals surface area contributed by atoms with Crippen LogP contribution in [-0.4, -0.2) is 25.1 Å². The van der Waals surface area contributed by atoms with E-state index in [9.17, 15) is 4.79 Å². The molecule has 7 heteroatoms. The number of carbonyl (C=O) groups excluding carboxylic acids is 1. The number of rotatable bonds is 6. The standard InChI is InChI=1S/C21H20N6O/c1-14-12-27-13-18(25-11-20(27)26-14)19(28)9-15-4-2-5-16(8-15)10-24-17-6-3-7-23-21(17)22/h2-8,11-13,24H,9-10H2,1H3,(H2,22,23). The summed E-state index contributed by atoms with van der Waals surface area (Å²) in [6, 6.07) is 11.6. The number of hydrogen-bond acceptors (Lipinski definition) is 6. The highest BCUT2D eigenvalue weighted by Crippen LogP contribution is 2.16. The van der Waals surface area contributed by atoms with Crippen molar-refractivity contribution >= 4 is 22.9 Å². The van der Waals surface area contributed by atoms with Crippen molar-refractivity contribution in [3.63, 3.8) is 0 Å². The second-order valence-corrected chi connectivity index (χ2v) is 6.63. The van der Waals surface area contributed by atoms with Gasteiger partial charge in [0.25, 0.3) is 0 Å². The van der Waals surface area contributed by atoms with Gasteiger partial charge in [-0.1, -0.05) is 24.3 Å². The monoisotopic (exact) mass is 372 g/mol. The van der Waals surface area contributed by atoms with Crippen LogP contribution in [0, 0.1) is 6.92 Å². The number of nitrogens with one attached hydrogen (secondary N) is 1. The summed E-state index contributed by atoms with van der Waals surface area (Å²) in [5, 5.41) is 3.27. The Kier molecular flexibility index (Phi) is 4.72. The minimum absolute atomic E-state index is 0.0325. The molecule has 0 unspecified atom stereocenters. The summed E-state index contributed by atoms with van der Waals surface area (Å²) in [4.78, 5) is 25.3. The number of hydrogen-bond donors (Lipinski definition) is 2. The van der Waals surface area contributed by atoms with Crippen LogP contribution in [0.25, 0.3) is 5.65 Å². The first-order valence-electron chi connectivity index (χ1n) is 8.95. The zero-order chi connectivity index (χ0) is 19.5. The molecule has 7 nitrogen and oxygen atoms in total. The van der Waals surface area contributed by atoms with Gasteiger partial charge in [0.1, 0.15) is 11.5 Å². The number of aryl methyl sites for hydroxylation is 1. The number of nitrogen functional groups attached to an aromatic ring is 1. The molecule has 3 N–H and O–H groups in total. The molecule has 0 saturated heterocycles. The lowest BCUT2D eigenvalue weighted by Crippen LogP contribution is -2.08. The molecule has 0 saturated carbocycles. The van der Waals surface area contributed by atoms with Crippen molar-refractivity contribution < 1.29 is 4.79 Å². The van der Waals surface area contributed by atoms with Gasteiger partial charge in [-0.3, -0.25) is 4.79 Å². The number of Topliss-reactive ketones (excluding diaryl/α,β-unsaturated/α-hetero) is 1. The maximum absolute atomic E-state index is 12.7. The van der Waals surface area contributed by atoms with Crippen LogP contribution in [0.1, 0.15) is 27.3 Å². The van der Waals surface area contributed by atoms with Crippen LogP contribution in [0.4, 0.5) is 11.5 Å². The van der Waals surface area contributed by atoms with Gasteiger partial charge >= 0.3 is 0 Å². The molecule has 140 valence electrons. The highest BCUT2D eigenvalue weighted by molar-refractivity contribution is 5.95. The Bertz CT molecular complexity index is 1150. The highest BCUT2D eigenvalue weighted by Gasteiger charge is 2.11. The normalized spacial score (nSPS) is 10.9. The van der Waals surface area contributed by atoms with E-state index in [-0.39, 0.29) is 12.2 Å². The Morgan fingerprint density at radius 1 is 1.14 bits per heavy atom. The molecule has 0 aliphatic rings. The Morgan fingerprint density at radius 3 is 2.86 bits per heavy atom. The SMILES string of the molecule is Cc1cn2cc(C(=O)Cc3cccc(CNc4cccnc4N)c3)ncc2n1. The van der Waals surface area contributed by atoms with E-state index in [1.807, 2.05) is 53.9 Å². The molecule has 0 aliphatic heterocycles. The largest absolute Gasteiger partial charge is 0.382 e. The number of fused-ring (bicyclic) bond motifs is 1. The summed E-state index contributed by atoms with van der Waals surface area (Å²) in [5.41, 5.74) is 10.7. The number of nitrogens with two attached hydrogens (primary N) is 1. The van der Waals surface area contributed by atoms with Crippen molar-refractivity contribution in [3.8, 4) is 0 Å². The Labute approximate surface area is 162 Å². The van der Waals surface area contributed by atoms with Gasteiger partial charge < -0.3 is 15.5 Å². The predicted molar refractivity (Wildman–Crippen MR) is 108 cm³/mol. The summed E-state index contributed by atoms with van der Waals surface area (Å²) < 4.78 is 1.83.